The molecule has 0 bridgehead atoms. The first kappa shape index (κ1) is 13.3. The highest BCUT2D eigenvalue weighted by Gasteiger charge is 2.36. The fourth-order valence-electron chi connectivity index (χ4n) is 3.11. The molecule has 2 rings (SSSR count). The SMILES string of the molecule is NCC(=O)N1CCC[C@H](N2CCC[C@H]2C(N)=O)C1. The number of nitrogens with zero attached hydrogens (tertiary/aromatic N) is 2. The van der Waals surface area contributed by atoms with E-state index in [0.717, 1.165) is 38.8 Å². The molecule has 2 aliphatic rings. The van der Waals surface area contributed by atoms with Crippen molar-refractivity contribution < 1.29 is 9.59 Å². The lowest BCUT2D eigenvalue weighted by Gasteiger charge is -2.39. The molecular weight excluding hydrogens is 232 g/mol. The fourth-order valence-corrected chi connectivity index (χ4v) is 3.11. The van der Waals surface area contributed by atoms with E-state index in [2.05, 4.69) is 4.90 Å². The second-order valence-electron chi connectivity index (χ2n) is 5.14. The van der Waals surface area contributed by atoms with E-state index in [-0.39, 0.29) is 30.4 Å². The van der Waals surface area contributed by atoms with Gasteiger partial charge < -0.3 is 16.4 Å². The van der Waals surface area contributed by atoms with Crippen molar-refractivity contribution in [1.82, 2.24) is 9.80 Å². The second-order valence-corrected chi connectivity index (χ2v) is 5.14. The van der Waals surface area contributed by atoms with Crippen molar-refractivity contribution in [2.75, 3.05) is 26.2 Å². The van der Waals surface area contributed by atoms with E-state index in [0.29, 0.717) is 6.54 Å². The Bertz CT molecular complexity index is 334. The van der Waals surface area contributed by atoms with Gasteiger partial charge >= 0.3 is 0 Å². The number of primary amides is 1. The summed E-state index contributed by atoms with van der Waals surface area (Å²) in [5.74, 6) is -0.246. The molecule has 18 heavy (non-hydrogen) atoms. The molecule has 2 aliphatic heterocycles. The zero-order chi connectivity index (χ0) is 13.1. The van der Waals surface area contributed by atoms with E-state index in [4.69, 9.17) is 11.5 Å². The maximum Gasteiger partial charge on any atom is 0.236 e. The monoisotopic (exact) mass is 254 g/mol. The third-order valence-electron chi connectivity index (χ3n) is 4.02. The van der Waals surface area contributed by atoms with E-state index in [9.17, 15) is 9.59 Å². The van der Waals surface area contributed by atoms with E-state index in [1.165, 1.54) is 0 Å². The zero-order valence-electron chi connectivity index (χ0n) is 10.7. The van der Waals surface area contributed by atoms with Gasteiger partial charge in [0.1, 0.15) is 0 Å². The molecule has 2 saturated heterocycles. The highest BCUT2D eigenvalue weighted by atomic mass is 16.2. The van der Waals surface area contributed by atoms with Crippen LogP contribution in [0.3, 0.4) is 0 Å². The Hall–Kier alpha value is -1.14. The van der Waals surface area contributed by atoms with Crippen LogP contribution in [-0.4, -0.2) is 59.9 Å². The minimum absolute atomic E-state index is 0.00507. The van der Waals surface area contributed by atoms with Gasteiger partial charge in [-0.2, -0.15) is 0 Å². The van der Waals surface area contributed by atoms with Crippen LogP contribution in [0.1, 0.15) is 25.7 Å². The summed E-state index contributed by atoms with van der Waals surface area (Å²) in [6.07, 6.45) is 3.85. The largest absolute Gasteiger partial charge is 0.368 e. The molecule has 6 heteroatoms. The molecule has 0 aromatic heterocycles. The summed E-state index contributed by atoms with van der Waals surface area (Å²) in [5.41, 5.74) is 10.8. The number of amides is 2. The first-order chi connectivity index (χ1) is 8.63. The Kier molecular flexibility index (Phi) is 4.19. The van der Waals surface area contributed by atoms with Crippen molar-refractivity contribution in [1.29, 1.82) is 0 Å². The van der Waals surface area contributed by atoms with Gasteiger partial charge in [-0.3, -0.25) is 14.5 Å². The van der Waals surface area contributed by atoms with Crippen LogP contribution >= 0.6 is 0 Å². The van der Waals surface area contributed by atoms with Crippen molar-refractivity contribution >= 4 is 11.8 Å². The summed E-state index contributed by atoms with van der Waals surface area (Å²) in [5, 5.41) is 0. The molecule has 0 aliphatic carbocycles. The molecule has 102 valence electrons. The lowest BCUT2D eigenvalue weighted by Crippen LogP contribution is -2.54. The number of likely N-dealkylation sites (tertiary alicyclic amines) is 2. The van der Waals surface area contributed by atoms with Crippen molar-refractivity contribution in [3.8, 4) is 0 Å². The van der Waals surface area contributed by atoms with Crippen molar-refractivity contribution in [2.24, 2.45) is 11.5 Å². The molecule has 2 amide bonds. The van der Waals surface area contributed by atoms with Crippen LogP contribution in [0.4, 0.5) is 0 Å². The topological polar surface area (TPSA) is 92.7 Å². The maximum absolute atomic E-state index is 11.6. The van der Waals surface area contributed by atoms with Gasteiger partial charge in [-0.1, -0.05) is 0 Å². The van der Waals surface area contributed by atoms with Crippen LogP contribution in [-0.2, 0) is 9.59 Å². The fraction of sp³-hybridized carbons (Fsp3) is 0.833. The summed E-state index contributed by atoms with van der Waals surface area (Å²) >= 11 is 0. The van der Waals surface area contributed by atoms with Crippen LogP contribution in [0, 0.1) is 0 Å². The average molecular weight is 254 g/mol. The minimum atomic E-state index is -0.241. The normalized spacial score (nSPS) is 29.5. The number of nitrogens with two attached hydrogens (primary N) is 2. The van der Waals surface area contributed by atoms with Crippen molar-refractivity contribution in [3.05, 3.63) is 0 Å². The Morgan fingerprint density at radius 1 is 1.17 bits per heavy atom. The van der Waals surface area contributed by atoms with Gasteiger partial charge in [0, 0.05) is 19.1 Å². The summed E-state index contributed by atoms with van der Waals surface area (Å²) in [7, 11) is 0. The van der Waals surface area contributed by atoms with Gasteiger partial charge in [0.25, 0.3) is 0 Å². The van der Waals surface area contributed by atoms with Crippen LogP contribution in [0.5, 0.6) is 0 Å². The first-order valence-electron chi connectivity index (χ1n) is 6.66. The number of rotatable bonds is 3. The van der Waals surface area contributed by atoms with Crippen molar-refractivity contribution in [3.63, 3.8) is 0 Å². The Labute approximate surface area is 107 Å². The Balaban J connectivity index is 2.00. The first-order valence-corrected chi connectivity index (χ1v) is 6.66. The third-order valence-corrected chi connectivity index (χ3v) is 4.02. The van der Waals surface area contributed by atoms with E-state index < -0.39 is 0 Å². The lowest BCUT2D eigenvalue weighted by molar-refractivity contribution is -0.132. The maximum atomic E-state index is 11.6. The standard InChI is InChI=1S/C12H22N4O2/c13-7-11(17)15-5-1-3-9(8-15)16-6-2-4-10(16)12(14)18/h9-10H,1-8,13H2,(H2,14,18)/t9-,10-/m0/s1. The molecule has 0 spiro atoms. The zero-order valence-corrected chi connectivity index (χ0v) is 10.7. The van der Waals surface area contributed by atoms with Crippen LogP contribution < -0.4 is 11.5 Å². The number of carbonyl (C=O) groups excluding carboxylic acids is 2. The quantitative estimate of drug-likeness (QED) is 0.667. The highest BCUT2D eigenvalue weighted by Crippen LogP contribution is 2.25. The third kappa shape index (κ3) is 2.64. The van der Waals surface area contributed by atoms with E-state index in [1.54, 1.807) is 0 Å². The number of hydrogen-bond acceptors (Lipinski definition) is 4. The summed E-state index contributed by atoms with van der Waals surface area (Å²) in [6.45, 7) is 2.43. The smallest absolute Gasteiger partial charge is 0.236 e. The second kappa shape index (κ2) is 5.67. The number of hydrogen-bond donors (Lipinski definition) is 2. The van der Waals surface area contributed by atoms with Gasteiger partial charge in [0.15, 0.2) is 0 Å². The molecule has 2 fully saturated rings. The summed E-state index contributed by atoms with van der Waals surface area (Å²) in [6, 6.07) is 0.108. The van der Waals surface area contributed by atoms with Crippen LogP contribution in [0.15, 0.2) is 0 Å². The summed E-state index contributed by atoms with van der Waals surface area (Å²) < 4.78 is 0. The van der Waals surface area contributed by atoms with E-state index in [1.807, 2.05) is 4.90 Å². The lowest BCUT2D eigenvalue weighted by atomic mass is 10.0. The minimum Gasteiger partial charge on any atom is -0.368 e. The van der Waals surface area contributed by atoms with Gasteiger partial charge in [0.05, 0.1) is 12.6 Å². The van der Waals surface area contributed by atoms with Gasteiger partial charge in [0.2, 0.25) is 11.8 Å². The predicted octanol–water partition coefficient (Wildman–Crippen LogP) is -1.11. The molecule has 0 aromatic rings. The number of piperidine rings is 1. The molecule has 0 radical (unpaired) electrons. The molecule has 6 nitrogen and oxygen atoms in total. The molecule has 0 unspecified atom stereocenters. The molecular formula is C12H22N4O2. The summed E-state index contributed by atoms with van der Waals surface area (Å²) in [4.78, 5) is 27.0. The number of carbonyl (C=O) groups is 2. The average Bonchev–Trinajstić information content (AvgIpc) is 2.87. The van der Waals surface area contributed by atoms with Gasteiger partial charge in [-0.15, -0.1) is 0 Å². The molecule has 2 atom stereocenters. The van der Waals surface area contributed by atoms with Crippen LogP contribution in [0.2, 0.25) is 0 Å². The van der Waals surface area contributed by atoms with Gasteiger partial charge in [-0.05, 0) is 32.2 Å². The predicted molar refractivity (Wildman–Crippen MR) is 67.6 cm³/mol. The van der Waals surface area contributed by atoms with Crippen molar-refractivity contribution in [2.45, 2.75) is 37.8 Å². The van der Waals surface area contributed by atoms with E-state index >= 15 is 0 Å². The Morgan fingerprint density at radius 3 is 2.56 bits per heavy atom. The molecule has 4 N–H and O–H groups in total. The highest BCUT2D eigenvalue weighted by molar-refractivity contribution is 5.80. The Morgan fingerprint density at radius 2 is 1.89 bits per heavy atom. The van der Waals surface area contributed by atoms with Crippen LogP contribution in [0.25, 0.3) is 0 Å². The molecule has 2 heterocycles. The molecule has 0 aromatic carbocycles. The molecule has 0 saturated carbocycles. The van der Waals surface area contributed by atoms with Gasteiger partial charge in [-0.25, -0.2) is 0 Å².